The minimum atomic E-state index is 0.156. The van der Waals surface area contributed by atoms with Crippen LogP contribution in [-0.4, -0.2) is 58.3 Å². The van der Waals surface area contributed by atoms with Gasteiger partial charge in [0.2, 0.25) is 0 Å². The highest BCUT2D eigenvalue weighted by atomic mass is 15.3. The van der Waals surface area contributed by atoms with Gasteiger partial charge in [0.15, 0.2) is 0 Å². The summed E-state index contributed by atoms with van der Waals surface area (Å²) >= 11 is 0. The fraction of sp³-hybridized carbons (Fsp3) is 0.812. The van der Waals surface area contributed by atoms with Gasteiger partial charge in [-0.3, -0.25) is 9.58 Å². The van der Waals surface area contributed by atoms with E-state index in [2.05, 4.69) is 42.0 Å². The van der Waals surface area contributed by atoms with Crippen LogP contribution in [0.25, 0.3) is 0 Å². The molecule has 2 heterocycles. The van der Waals surface area contributed by atoms with E-state index < -0.39 is 0 Å². The van der Waals surface area contributed by atoms with E-state index >= 15 is 0 Å². The van der Waals surface area contributed by atoms with E-state index in [1.165, 1.54) is 31.5 Å². The zero-order chi connectivity index (χ0) is 15.4. The Morgan fingerprint density at radius 2 is 2.05 bits per heavy atom. The number of nitrogens with zero attached hydrogens (tertiary/aromatic N) is 4. The molecule has 5 heteroatoms. The third-order valence-electron chi connectivity index (χ3n) is 4.96. The molecule has 2 unspecified atom stereocenters. The summed E-state index contributed by atoms with van der Waals surface area (Å²) in [5.41, 5.74) is 7.67. The lowest BCUT2D eigenvalue weighted by molar-refractivity contribution is 0.0865. The average Bonchev–Trinajstić information content (AvgIpc) is 2.93. The molecule has 0 saturated carbocycles. The first-order valence-corrected chi connectivity index (χ1v) is 8.25. The molecular weight excluding hydrogens is 262 g/mol. The summed E-state index contributed by atoms with van der Waals surface area (Å²) in [5.74, 6) is 0. The van der Waals surface area contributed by atoms with E-state index in [-0.39, 0.29) is 12.1 Å². The van der Waals surface area contributed by atoms with Gasteiger partial charge in [-0.25, -0.2) is 0 Å². The van der Waals surface area contributed by atoms with Crippen LogP contribution in [0.15, 0.2) is 12.4 Å². The topological polar surface area (TPSA) is 50.3 Å². The first kappa shape index (κ1) is 16.5. The van der Waals surface area contributed by atoms with E-state index in [0.29, 0.717) is 6.04 Å². The molecule has 1 aromatic rings. The molecule has 5 nitrogen and oxygen atoms in total. The fourth-order valence-corrected chi connectivity index (χ4v) is 3.47. The second kappa shape index (κ2) is 7.38. The summed E-state index contributed by atoms with van der Waals surface area (Å²) in [4.78, 5) is 5.03. The summed E-state index contributed by atoms with van der Waals surface area (Å²) in [7, 11) is 4.21. The Bertz CT molecular complexity index is 422. The highest BCUT2D eigenvalue weighted by Gasteiger charge is 2.31. The van der Waals surface area contributed by atoms with Crippen LogP contribution in [0.1, 0.15) is 44.7 Å². The Kier molecular flexibility index (Phi) is 5.79. The molecule has 0 aromatic carbocycles. The van der Waals surface area contributed by atoms with Crippen LogP contribution < -0.4 is 5.73 Å². The Hall–Kier alpha value is -0.910. The third kappa shape index (κ3) is 3.84. The van der Waals surface area contributed by atoms with Crippen LogP contribution in [0.2, 0.25) is 0 Å². The molecule has 0 spiro atoms. The van der Waals surface area contributed by atoms with Crippen LogP contribution >= 0.6 is 0 Å². The largest absolute Gasteiger partial charge is 0.326 e. The third-order valence-corrected chi connectivity index (χ3v) is 4.96. The van der Waals surface area contributed by atoms with Crippen molar-refractivity contribution in [3.05, 3.63) is 18.0 Å². The van der Waals surface area contributed by atoms with E-state index in [1.54, 1.807) is 0 Å². The Morgan fingerprint density at radius 1 is 1.38 bits per heavy atom. The predicted molar refractivity (Wildman–Crippen MR) is 87.1 cm³/mol. The summed E-state index contributed by atoms with van der Waals surface area (Å²) in [6, 6.07) is 1.04. The van der Waals surface area contributed by atoms with Crippen molar-refractivity contribution in [3.8, 4) is 0 Å². The van der Waals surface area contributed by atoms with Crippen molar-refractivity contribution in [2.45, 2.75) is 51.2 Å². The number of hydrogen-bond donors (Lipinski definition) is 1. The number of rotatable bonds is 6. The molecule has 1 aliphatic rings. The monoisotopic (exact) mass is 293 g/mol. The van der Waals surface area contributed by atoms with Crippen LogP contribution in [0, 0.1) is 0 Å². The van der Waals surface area contributed by atoms with Gasteiger partial charge in [0.25, 0.3) is 0 Å². The molecule has 0 radical (unpaired) electrons. The molecular formula is C16H31N5. The Balaban J connectivity index is 2.10. The molecule has 1 aliphatic heterocycles. The van der Waals surface area contributed by atoms with Crippen LogP contribution in [0.4, 0.5) is 0 Å². The number of aryl methyl sites for hydroxylation is 1. The number of nitrogens with two attached hydrogens (primary N) is 1. The summed E-state index contributed by atoms with van der Waals surface area (Å²) < 4.78 is 1.87. The molecule has 21 heavy (non-hydrogen) atoms. The SMILES string of the molecule is CCC(N)C(c1cnn(C)c1)N(C)C1CCN(CC)CC1. The zero-order valence-corrected chi connectivity index (χ0v) is 14.0. The lowest BCUT2D eigenvalue weighted by atomic mass is 9.94. The van der Waals surface area contributed by atoms with Gasteiger partial charge in [-0.05, 0) is 45.9 Å². The minimum absolute atomic E-state index is 0.156. The smallest absolute Gasteiger partial charge is 0.0538 e. The highest BCUT2D eigenvalue weighted by Crippen LogP contribution is 2.28. The van der Waals surface area contributed by atoms with Crippen LogP contribution in [0.3, 0.4) is 0 Å². The molecule has 0 aliphatic carbocycles. The maximum atomic E-state index is 6.43. The van der Waals surface area contributed by atoms with Crippen molar-refractivity contribution in [2.75, 3.05) is 26.7 Å². The van der Waals surface area contributed by atoms with Gasteiger partial charge < -0.3 is 10.6 Å². The normalized spacial score (nSPS) is 20.9. The summed E-state index contributed by atoms with van der Waals surface area (Å²) in [6.07, 6.45) is 7.53. The molecule has 2 N–H and O–H groups in total. The molecule has 120 valence electrons. The average molecular weight is 293 g/mol. The molecule has 0 bridgehead atoms. The molecule has 2 atom stereocenters. The van der Waals surface area contributed by atoms with Crippen LogP contribution in [-0.2, 0) is 7.05 Å². The first-order chi connectivity index (χ1) is 10.1. The minimum Gasteiger partial charge on any atom is -0.326 e. The maximum absolute atomic E-state index is 6.43. The van der Waals surface area contributed by atoms with Gasteiger partial charge in [-0.2, -0.15) is 5.10 Å². The van der Waals surface area contributed by atoms with Crippen molar-refractivity contribution in [3.63, 3.8) is 0 Å². The van der Waals surface area contributed by atoms with Crippen molar-refractivity contribution in [2.24, 2.45) is 12.8 Å². The van der Waals surface area contributed by atoms with E-state index in [1.807, 2.05) is 17.9 Å². The Labute approximate surface area is 129 Å². The van der Waals surface area contributed by atoms with Gasteiger partial charge in [-0.1, -0.05) is 13.8 Å². The van der Waals surface area contributed by atoms with Crippen molar-refractivity contribution >= 4 is 0 Å². The molecule has 2 rings (SSSR count). The molecule has 0 amide bonds. The zero-order valence-electron chi connectivity index (χ0n) is 14.0. The van der Waals surface area contributed by atoms with Crippen molar-refractivity contribution < 1.29 is 0 Å². The summed E-state index contributed by atoms with van der Waals surface area (Å²) in [5, 5.41) is 4.33. The summed E-state index contributed by atoms with van der Waals surface area (Å²) in [6.45, 7) is 7.98. The second-order valence-corrected chi connectivity index (χ2v) is 6.30. The van der Waals surface area contributed by atoms with E-state index in [0.717, 1.165) is 13.0 Å². The van der Waals surface area contributed by atoms with E-state index in [9.17, 15) is 0 Å². The standard InChI is InChI=1S/C16H31N5/c1-5-15(17)16(13-11-18-19(3)12-13)20(4)14-7-9-21(6-2)10-8-14/h11-12,14-16H,5-10,17H2,1-4H3. The second-order valence-electron chi connectivity index (χ2n) is 6.30. The van der Waals surface area contributed by atoms with Gasteiger partial charge in [0.1, 0.15) is 0 Å². The maximum Gasteiger partial charge on any atom is 0.0538 e. The quantitative estimate of drug-likeness (QED) is 0.866. The predicted octanol–water partition coefficient (Wildman–Crippen LogP) is 1.61. The van der Waals surface area contributed by atoms with Crippen molar-refractivity contribution in [1.82, 2.24) is 19.6 Å². The van der Waals surface area contributed by atoms with Gasteiger partial charge in [0, 0.05) is 30.9 Å². The number of aromatic nitrogens is 2. The first-order valence-electron chi connectivity index (χ1n) is 8.25. The van der Waals surface area contributed by atoms with Crippen LogP contribution in [0.5, 0.6) is 0 Å². The number of hydrogen-bond acceptors (Lipinski definition) is 4. The lowest BCUT2D eigenvalue weighted by Crippen LogP contribution is -2.48. The molecule has 1 saturated heterocycles. The van der Waals surface area contributed by atoms with Gasteiger partial charge >= 0.3 is 0 Å². The number of likely N-dealkylation sites (N-methyl/N-ethyl adjacent to an activating group) is 1. The van der Waals surface area contributed by atoms with E-state index in [4.69, 9.17) is 5.73 Å². The number of piperidine rings is 1. The molecule has 1 aromatic heterocycles. The number of likely N-dealkylation sites (tertiary alicyclic amines) is 1. The lowest BCUT2D eigenvalue weighted by Gasteiger charge is -2.41. The van der Waals surface area contributed by atoms with Gasteiger partial charge in [-0.15, -0.1) is 0 Å². The van der Waals surface area contributed by atoms with Gasteiger partial charge in [0.05, 0.1) is 12.2 Å². The Morgan fingerprint density at radius 3 is 2.52 bits per heavy atom. The highest BCUT2D eigenvalue weighted by molar-refractivity contribution is 5.14. The van der Waals surface area contributed by atoms with Crippen molar-refractivity contribution in [1.29, 1.82) is 0 Å². The molecule has 1 fully saturated rings. The fourth-order valence-electron chi connectivity index (χ4n) is 3.47.